The fraction of sp³-hybridized carbons (Fsp3) is 0.286. The smallest absolute Gasteiger partial charge is 0.144 e. The van der Waals surface area contributed by atoms with Gasteiger partial charge in [-0.3, -0.25) is 4.98 Å². The third-order valence-corrected chi connectivity index (χ3v) is 2.67. The van der Waals surface area contributed by atoms with E-state index >= 15 is 0 Å². The minimum atomic E-state index is 0.826. The summed E-state index contributed by atoms with van der Waals surface area (Å²) >= 11 is 0. The van der Waals surface area contributed by atoms with Gasteiger partial charge >= 0.3 is 0 Å². The van der Waals surface area contributed by atoms with Crippen LogP contribution in [0.2, 0.25) is 0 Å². The molecule has 1 aromatic carbocycles. The van der Waals surface area contributed by atoms with Crippen LogP contribution in [0, 0.1) is 0 Å². The predicted molar refractivity (Wildman–Crippen MR) is 71.8 cm³/mol. The molecule has 94 valence electrons. The number of hydrogen-bond donors (Lipinski definition) is 1. The molecule has 2 rings (SSSR count). The topological polar surface area (TPSA) is 47.0 Å². The summed E-state index contributed by atoms with van der Waals surface area (Å²) in [6, 6.07) is 8.18. The van der Waals surface area contributed by atoms with Crippen molar-refractivity contribution in [1.82, 2.24) is 9.97 Å². The molecule has 1 heterocycles. The number of hydrogen-bond acceptors (Lipinski definition) is 4. The SMILES string of the molecule is COc1ccc(CCCNc2cnccn2)cc1. The second-order valence-electron chi connectivity index (χ2n) is 3.97. The number of nitrogens with one attached hydrogen (secondary N) is 1. The maximum atomic E-state index is 5.13. The highest BCUT2D eigenvalue weighted by atomic mass is 16.5. The summed E-state index contributed by atoms with van der Waals surface area (Å²) in [7, 11) is 1.68. The molecule has 0 spiro atoms. The zero-order chi connectivity index (χ0) is 12.6. The molecule has 0 saturated carbocycles. The van der Waals surface area contributed by atoms with Gasteiger partial charge in [-0.15, -0.1) is 0 Å². The molecule has 0 fully saturated rings. The van der Waals surface area contributed by atoms with Crippen molar-refractivity contribution in [2.24, 2.45) is 0 Å². The van der Waals surface area contributed by atoms with Crippen molar-refractivity contribution in [3.8, 4) is 5.75 Å². The van der Waals surface area contributed by atoms with Crippen molar-refractivity contribution in [1.29, 1.82) is 0 Å². The lowest BCUT2D eigenvalue weighted by Crippen LogP contribution is -2.04. The number of methoxy groups -OCH3 is 1. The Hall–Kier alpha value is -2.10. The summed E-state index contributed by atoms with van der Waals surface area (Å²) in [6.45, 7) is 0.894. The predicted octanol–water partition coefficient (Wildman–Crippen LogP) is 2.53. The summed E-state index contributed by atoms with van der Waals surface area (Å²) in [4.78, 5) is 8.16. The van der Waals surface area contributed by atoms with Gasteiger partial charge in [0, 0.05) is 18.9 Å². The summed E-state index contributed by atoms with van der Waals surface area (Å²) in [5.41, 5.74) is 1.32. The van der Waals surface area contributed by atoms with Gasteiger partial charge < -0.3 is 10.1 Å². The van der Waals surface area contributed by atoms with Crippen molar-refractivity contribution in [3.05, 3.63) is 48.4 Å². The van der Waals surface area contributed by atoms with E-state index in [0.29, 0.717) is 0 Å². The van der Waals surface area contributed by atoms with Gasteiger partial charge in [0.25, 0.3) is 0 Å². The Labute approximate surface area is 107 Å². The zero-order valence-electron chi connectivity index (χ0n) is 10.5. The lowest BCUT2D eigenvalue weighted by atomic mass is 10.1. The van der Waals surface area contributed by atoms with Crippen molar-refractivity contribution in [2.45, 2.75) is 12.8 Å². The zero-order valence-corrected chi connectivity index (χ0v) is 10.5. The van der Waals surface area contributed by atoms with Crippen LogP contribution in [-0.4, -0.2) is 23.6 Å². The van der Waals surface area contributed by atoms with Crippen LogP contribution in [0.3, 0.4) is 0 Å². The summed E-state index contributed by atoms with van der Waals surface area (Å²) in [6.07, 6.45) is 7.18. The van der Waals surface area contributed by atoms with E-state index in [9.17, 15) is 0 Å². The minimum absolute atomic E-state index is 0.826. The number of ether oxygens (including phenoxy) is 1. The van der Waals surface area contributed by atoms with Gasteiger partial charge in [-0.05, 0) is 30.5 Å². The van der Waals surface area contributed by atoms with Crippen LogP contribution in [0.15, 0.2) is 42.9 Å². The Bertz CT molecular complexity index is 456. The van der Waals surface area contributed by atoms with Crippen molar-refractivity contribution in [2.75, 3.05) is 19.0 Å². The fourth-order valence-corrected chi connectivity index (χ4v) is 1.69. The number of anilines is 1. The highest BCUT2D eigenvalue weighted by Crippen LogP contribution is 2.12. The normalized spacial score (nSPS) is 10.1. The maximum absolute atomic E-state index is 5.13. The van der Waals surface area contributed by atoms with E-state index in [2.05, 4.69) is 27.4 Å². The second kappa shape index (κ2) is 6.59. The molecule has 1 N–H and O–H groups in total. The van der Waals surface area contributed by atoms with Crippen LogP contribution in [0.4, 0.5) is 5.82 Å². The second-order valence-corrected chi connectivity index (χ2v) is 3.97. The van der Waals surface area contributed by atoms with Gasteiger partial charge in [-0.25, -0.2) is 4.98 Å². The molecule has 18 heavy (non-hydrogen) atoms. The van der Waals surface area contributed by atoms with E-state index in [4.69, 9.17) is 4.74 Å². The van der Waals surface area contributed by atoms with Crippen molar-refractivity contribution >= 4 is 5.82 Å². The standard InChI is InChI=1S/C14H17N3O/c1-18-13-6-4-12(5-7-13)3-2-8-16-14-11-15-9-10-17-14/h4-7,9-11H,2-3,8H2,1H3,(H,16,17). The molecular formula is C14H17N3O. The number of rotatable bonds is 6. The number of nitrogens with zero attached hydrogens (tertiary/aromatic N) is 2. The first-order valence-electron chi connectivity index (χ1n) is 6.01. The number of aromatic nitrogens is 2. The highest BCUT2D eigenvalue weighted by molar-refractivity contribution is 5.30. The van der Waals surface area contributed by atoms with Crippen LogP contribution in [0.1, 0.15) is 12.0 Å². The Kier molecular flexibility index (Phi) is 4.53. The largest absolute Gasteiger partial charge is 0.497 e. The summed E-state index contributed by atoms with van der Waals surface area (Å²) in [5, 5.41) is 3.24. The van der Waals surface area contributed by atoms with Crippen LogP contribution in [-0.2, 0) is 6.42 Å². The molecule has 0 unspecified atom stereocenters. The van der Waals surface area contributed by atoms with Crippen molar-refractivity contribution < 1.29 is 4.74 Å². The lowest BCUT2D eigenvalue weighted by molar-refractivity contribution is 0.414. The van der Waals surface area contributed by atoms with E-state index in [1.165, 1.54) is 5.56 Å². The Morgan fingerprint density at radius 3 is 2.67 bits per heavy atom. The maximum Gasteiger partial charge on any atom is 0.144 e. The Morgan fingerprint density at radius 1 is 1.17 bits per heavy atom. The number of benzene rings is 1. The molecule has 0 radical (unpaired) electrons. The van der Waals surface area contributed by atoms with Crippen LogP contribution in [0.5, 0.6) is 5.75 Å². The molecule has 0 saturated heterocycles. The van der Waals surface area contributed by atoms with Gasteiger partial charge in [0.05, 0.1) is 13.3 Å². The van der Waals surface area contributed by atoms with Gasteiger partial charge in [-0.2, -0.15) is 0 Å². The van der Waals surface area contributed by atoms with Gasteiger partial charge in [0.15, 0.2) is 0 Å². The van der Waals surface area contributed by atoms with Gasteiger partial charge in [0.1, 0.15) is 11.6 Å². The third kappa shape index (κ3) is 3.73. The van der Waals surface area contributed by atoms with E-state index in [1.54, 1.807) is 25.7 Å². The molecule has 0 aliphatic carbocycles. The molecule has 0 aliphatic heterocycles. The van der Waals surface area contributed by atoms with E-state index < -0.39 is 0 Å². The Balaban J connectivity index is 1.72. The molecule has 4 nitrogen and oxygen atoms in total. The average Bonchev–Trinajstić information content (AvgIpc) is 2.45. The first-order chi connectivity index (χ1) is 8.88. The van der Waals surface area contributed by atoms with E-state index in [0.717, 1.165) is 31.0 Å². The molecule has 0 amide bonds. The first-order valence-corrected chi connectivity index (χ1v) is 6.01. The highest BCUT2D eigenvalue weighted by Gasteiger charge is 1.96. The third-order valence-electron chi connectivity index (χ3n) is 2.67. The first kappa shape index (κ1) is 12.4. The van der Waals surface area contributed by atoms with Gasteiger partial charge in [-0.1, -0.05) is 12.1 Å². The quantitative estimate of drug-likeness (QED) is 0.792. The van der Waals surface area contributed by atoms with E-state index in [1.807, 2.05) is 12.1 Å². The molecule has 0 atom stereocenters. The van der Waals surface area contributed by atoms with E-state index in [-0.39, 0.29) is 0 Å². The molecule has 1 aromatic heterocycles. The van der Waals surface area contributed by atoms with Gasteiger partial charge in [0.2, 0.25) is 0 Å². The molecule has 0 bridgehead atoms. The lowest BCUT2D eigenvalue weighted by Gasteiger charge is -2.05. The fourth-order valence-electron chi connectivity index (χ4n) is 1.69. The molecule has 0 aliphatic rings. The monoisotopic (exact) mass is 243 g/mol. The van der Waals surface area contributed by atoms with Crippen LogP contribution >= 0.6 is 0 Å². The average molecular weight is 243 g/mol. The Morgan fingerprint density at radius 2 is 2.00 bits per heavy atom. The molecule has 4 heteroatoms. The van der Waals surface area contributed by atoms with Crippen LogP contribution in [0.25, 0.3) is 0 Å². The summed E-state index contributed by atoms with van der Waals surface area (Å²) in [5.74, 6) is 1.73. The number of aryl methyl sites for hydroxylation is 1. The summed E-state index contributed by atoms with van der Waals surface area (Å²) < 4.78 is 5.13. The van der Waals surface area contributed by atoms with Crippen LogP contribution < -0.4 is 10.1 Å². The molecular weight excluding hydrogens is 226 g/mol. The minimum Gasteiger partial charge on any atom is -0.497 e. The van der Waals surface area contributed by atoms with Crippen molar-refractivity contribution in [3.63, 3.8) is 0 Å². The molecule has 2 aromatic rings.